The predicted octanol–water partition coefficient (Wildman–Crippen LogP) is 2.79. The lowest BCUT2D eigenvalue weighted by atomic mass is 10.0. The number of halogens is 3. The second kappa shape index (κ2) is 5.69. The van der Waals surface area contributed by atoms with Crippen molar-refractivity contribution in [3.8, 4) is 11.5 Å². The third-order valence-corrected chi connectivity index (χ3v) is 2.88. The first-order valence-electron chi connectivity index (χ1n) is 6.13. The van der Waals surface area contributed by atoms with Crippen molar-refractivity contribution in [1.29, 1.82) is 0 Å². The molecule has 0 aromatic heterocycles. The summed E-state index contributed by atoms with van der Waals surface area (Å²) in [7, 11) is 0. The Hall–Kier alpha value is -1.43. The number of fused-ring (bicyclic) bond motifs is 1. The van der Waals surface area contributed by atoms with Gasteiger partial charge in [0.15, 0.2) is 11.5 Å². The van der Waals surface area contributed by atoms with Crippen LogP contribution in [0.5, 0.6) is 11.5 Å². The highest BCUT2D eigenvalue weighted by molar-refractivity contribution is 5.49. The molecule has 0 saturated carbocycles. The van der Waals surface area contributed by atoms with Gasteiger partial charge < -0.3 is 14.6 Å². The lowest BCUT2D eigenvalue weighted by Crippen LogP contribution is -2.10. The van der Waals surface area contributed by atoms with E-state index in [-0.39, 0.29) is 30.8 Å². The summed E-state index contributed by atoms with van der Waals surface area (Å²) < 4.78 is 49.6. The molecule has 106 valence electrons. The SMILES string of the molecule is OCCCc1cc2c(cc1C(F)(F)F)OCCCO2. The number of benzene rings is 1. The van der Waals surface area contributed by atoms with Gasteiger partial charge >= 0.3 is 6.18 Å². The minimum Gasteiger partial charge on any atom is -0.490 e. The van der Waals surface area contributed by atoms with Crippen molar-refractivity contribution in [3.05, 3.63) is 23.3 Å². The van der Waals surface area contributed by atoms with Crippen LogP contribution in [0.4, 0.5) is 13.2 Å². The number of hydrogen-bond acceptors (Lipinski definition) is 3. The summed E-state index contributed by atoms with van der Waals surface area (Å²) in [5.74, 6) is 0.482. The summed E-state index contributed by atoms with van der Waals surface area (Å²) in [5.41, 5.74) is -0.587. The summed E-state index contributed by atoms with van der Waals surface area (Å²) in [6.07, 6.45) is -3.36. The van der Waals surface area contributed by atoms with Crippen molar-refractivity contribution >= 4 is 0 Å². The van der Waals surface area contributed by atoms with Gasteiger partial charge in [0.05, 0.1) is 18.8 Å². The van der Waals surface area contributed by atoms with Gasteiger partial charge in [-0.05, 0) is 30.5 Å². The summed E-state index contributed by atoms with van der Waals surface area (Å²) in [5, 5.41) is 8.77. The Kier molecular flexibility index (Phi) is 4.19. The van der Waals surface area contributed by atoms with Gasteiger partial charge in [0.2, 0.25) is 0 Å². The first-order chi connectivity index (χ1) is 9.02. The Balaban J connectivity index is 2.41. The van der Waals surface area contributed by atoms with Crippen molar-refractivity contribution in [2.24, 2.45) is 0 Å². The number of alkyl halides is 3. The van der Waals surface area contributed by atoms with Gasteiger partial charge in [0, 0.05) is 13.0 Å². The van der Waals surface area contributed by atoms with Gasteiger partial charge in [-0.1, -0.05) is 0 Å². The molecule has 1 aromatic carbocycles. The van der Waals surface area contributed by atoms with Gasteiger partial charge in [0.25, 0.3) is 0 Å². The van der Waals surface area contributed by atoms with Crippen LogP contribution in [0.15, 0.2) is 12.1 Å². The standard InChI is InChI=1S/C13H15F3O3/c14-13(15,16)10-8-12-11(18-5-2-6-19-12)7-9(10)3-1-4-17/h7-8,17H,1-6H2. The van der Waals surface area contributed by atoms with Crippen LogP contribution in [0.2, 0.25) is 0 Å². The summed E-state index contributed by atoms with van der Waals surface area (Å²) in [4.78, 5) is 0. The van der Waals surface area contributed by atoms with Crippen LogP contribution in [0, 0.1) is 0 Å². The number of aliphatic hydroxyl groups is 1. The van der Waals surface area contributed by atoms with E-state index in [4.69, 9.17) is 14.6 Å². The lowest BCUT2D eigenvalue weighted by molar-refractivity contribution is -0.138. The predicted molar refractivity (Wildman–Crippen MR) is 62.5 cm³/mol. The van der Waals surface area contributed by atoms with Gasteiger partial charge in [-0.2, -0.15) is 13.2 Å². The molecular weight excluding hydrogens is 261 g/mol. The highest BCUT2D eigenvalue weighted by atomic mass is 19.4. The lowest BCUT2D eigenvalue weighted by Gasteiger charge is -2.16. The molecule has 1 heterocycles. The quantitative estimate of drug-likeness (QED) is 0.922. The Morgan fingerprint density at radius 1 is 1.11 bits per heavy atom. The Bertz CT molecular complexity index is 443. The molecule has 0 amide bonds. The fourth-order valence-corrected chi connectivity index (χ4v) is 1.99. The Morgan fingerprint density at radius 2 is 1.74 bits per heavy atom. The molecule has 19 heavy (non-hydrogen) atoms. The third-order valence-electron chi connectivity index (χ3n) is 2.88. The zero-order valence-electron chi connectivity index (χ0n) is 10.3. The number of aryl methyl sites for hydroxylation is 1. The molecule has 0 unspecified atom stereocenters. The van der Waals surface area contributed by atoms with Crippen molar-refractivity contribution < 1.29 is 27.8 Å². The molecule has 0 bridgehead atoms. The van der Waals surface area contributed by atoms with Crippen LogP contribution in [-0.2, 0) is 12.6 Å². The highest BCUT2D eigenvalue weighted by Gasteiger charge is 2.34. The first kappa shape index (κ1) is 14.0. The van der Waals surface area contributed by atoms with E-state index < -0.39 is 11.7 Å². The molecular formula is C13H15F3O3. The van der Waals surface area contributed by atoms with E-state index in [0.717, 1.165) is 6.07 Å². The number of rotatable bonds is 3. The van der Waals surface area contributed by atoms with Gasteiger partial charge in [-0.25, -0.2) is 0 Å². The van der Waals surface area contributed by atoms with E-state index >= 15 is 0 Å². The number of hydrogen-bond donors (Lipinski definition) is 1. The van der Waals surface area contributed by atoms with Crippen LogP contribution < -0.4 is 9.47 Å². The van der Waals surface area contributed by atoms with Crippen molar-refractivity contribution in [2.45, 2.75) is 25.4 Å². The largest absolute Gasteiger partial charge is 0.490 e. The van der Waals surface area contributed by atoms with Gasteiger partial charge in [-0.15, -0.1) is 0 Å². The maximum absolute atomic E-state index is 13.0. The zero-order chi connectivity index (χ0) is 13.9. The Morgan fingerprint density at radius 3 is 2.32 bits per heavy atom. The molecule has 0 spiro atoms. The van der Waals surface area contributed by atoms with E-state index in [1.807, 2.05) is 0 Å². The summed E-state index contributed by atoms with van der Waals surface area (Å²) in [6, 6.07) is 2.37. The molecule has 1 aliphatic heterocycles. The number of ether oxygens (including phenoxy) is 2. The smallest absolute Gasteiger partial charge is 0.416 e. The van der Waals surface area contributed by atoms with E-state index in [9.17, 15) is 13.2 Å². The molecule has 0 atom stereocenters. The van der Waals surface area contributed by atoms with E-state index in [1.165, 1.54) is 6.07 Å². The fraction of sp³-hybridized carbons (Fsp3) is 0.538. The average Bonchev–Trinajstić information content (AvgIpc) is 2.58. The average molecular weight is 276 g/mol. The molecule has 1 aromatic rings. The van der Waals surface area contributed by atoms with Crippen LogP contribution in [0.25, 0.3) is 0 Å². The van der Waals surface area contributed by atoms with Crippen molar-refractivity contribution in [3.63, 3.8) is 0 Å². The van der Waals surface area contributed by atoms with E-state index in [2.05, 4.69) is 0 Å². The van der Waals surface area contributed by atoms with Crippen LogP contribution in [-0.4, -0.2) is 24.9 Å². The number of aliphatic hydroxyl groups excluding tert-OH is 1. The molecule has 2 rings (SSSR count). The third kappa shape index (κ3) is 3.32. The molecule has 0 fully saturated rings. The molecule has 0 saturated heterocycles. The van der Waals surface area contributed by atoms with Crippen LogP contribution >= 0.6 is 0 Å². The van der Waals surface area contributed by atoms with Crippen LogP contribution in [0.1, 0.15) is 24.0 Å². The molecule has 1 aliphatic rings. The van der Waals surface area contributed by atoms with Crippen molar-refractivity contribution in [1.82, 2.24) is 0 Å². The molecule has 6 heteroatoms. The normalized spacial score (nSPS) is 15.2. The molecule has 3 nitrogen and oxygen atoms in total. The maximum Gasteiger partial charge on any atom is 0.416 e. The Labute approximate surface area is 108 Å². The molecule has 1 N–H and O–H groups in total. The molecule has 0 aliphatic carbocycles. The second-order valence-electron chi connectivity index (χ2n) is 4.33. The van der Waals surface area contributed by atoms with Gasteiger partial charge in [-0.3, -0.25) is 0 Å². The summed E-state index contributed by atoms with van der Waals surface area (Å²) >= 11 is 0. The van der Waals surface area contributed by atoms with E-state index in [1.54, 1.807) is 0 Å². The monoisotopic (exact) mass is 276 g/mol. The highest BCUT2D eigenvalue weighted by Crippen LogP contribution is 2.40. The minimum absolute atomic E-state index is 0.130. The topological polar surface area (TPSA) is 38.7 Å². The first-order valence-corrected chi connectivity index (χ1v) is 6.13. The molecule has 0 radical (unpaired) electrons. The maximum atomic E-state index is 13.0. The van der Waals surface area contributed by atoms with E-state index in [0.29, 0.717) is 25.4 Å². The minimum atomic E-state index is -4.44. The second-order valence-corrected chi connectivity index (χ2v) is 4.33. The zero-order valence-corrected chi connectivity index (χ0v) is 10.3. The summed E-state index contributed by atoms with van der Waals surface area (Å²) in [6.45, 7) is 0.629. The van der Waals surface area contributed by atoms with Crippen molar-refractivity contribution in [2.75, 3.05) is 19.8 Å². The van der Waals surface area contributed by atoms with Gasteiger partial charge in [0.1, 0.15) is 0 Å². The van der Waals surface area contributed by atoms with Crippen LogP contribution in [0.3, 0.4) is 0 Å². The fourth-order valence-electron chi connectivity index (χ4n) is 1.99.